The number of carbonyl (C=O) groups is 2. The van der Waals surface area contributed by atoms with Gasteiger partial charge in [0.05, 0.1) is 12.2 Å². The number of anilines is 1. The monoisotopic (exact) mass is 308 g/mol. The van der Waals surface area contributed by atoms with E-state index in [4.69, 9.17) is 0 Å². The molecule has 1 heterocycles. The van der Waals surface area contributed by atoms with Gasteiger partial charge in [-0.3, -0.25) is 14.5 Å². The van der Waals surface area contributed by atoms with Gasteiger partial charge in [0.15, 0.2) is 0 Å². The lowest BCUT2D eigenvalue weighted by molar-refractivity contribution is -0.145. The third kappa shape index (κ3) is 4.22. The van der Waals surface area contributed by atoms with Gasteiger partial charge in [0.1, 0.15) is 6.04 Å². The Morgan fingerprint density at radius 2 is 2.14 bits per heavy atom. The van der Waals surface area contributed by atoms with E-state index < -0.39 is 12.0 Å². The minimum atomic E-state index is -0.841. The van der Waals surface area contributed by atoms with E-state index in [1.165, 1.54) is 0 Å². The van der Waals surface area contributed by atoms with Crippen molar-refractivity contribution >= 4 is 29.3 Å². The summed E-state index contributed by atoms with van der Waals surface area (Å²) in [6, 6.07) is 7.05. The molecule has 0 radical (unpaired) electrons. The van der Waals surface area contributed by atoms with Crippen molar-refractivity contribution in [1.29, 1.82) is 0 Å². The molecule has 21 heavy (non-hydrogen) atoms. The highest BCUT2D eigenvalue weighted by Crippen LogP contribution is 2.24. The first-order valence-corrected chi connectivity index (χ1v) is 8.24. The van der Waals surface area contributed by atoms with Crippen molar-refractivity contribution in [2.24, 2.45) is 0 Å². The van der Waals surface area contributed by atoms with Crippen LogP contribution in [0.4, 0.5) is 5.69 Å². The molecule has 0 bridgehead atoms. The molecule has 1 aliphatic heterocycles. The molecule has 2 rings (SSSR count). The molecule has 0 saturated carbocycles. The van der Waals surface area contributed by atoms with Crippen LogP contribution in [0.15, 0.2) is 29.2 Å². The number of hydrogen-bond acceptors (Lipinski definition) is 4. The molecule has 1 unspecified atom stereocenters. The van der Waals surface area contributed by atoms with Gasteiger partial charge in [0.2, 0.25) is 5.91 Å². The molecule has 0 aromatic heterocycles. The maximum absolute atomic E-state index is 12.2. The molecule has 114 valence electrons. The summed E-state index contributed by atoms with van der Waals surface area (Å²) in [4.78, 5) is 26.1. The zero-order chi connectivity index (χ0) is 15.2. The molecule has 2 N–H and O–H groups in total. The number of thioether (sulfide) groups is 1. The Morgan fingerprint density at radius 3 is 2.86 bits per heavy atom. The number of aliphatic carboxylic acids is 1. The lowest BCUT2D eigenvalue weighted by Gasteiger charge is -2.32. The SMILES string of the molecule is CSc1ccccc1NC(=O)CN1CCCCC1C(=O)O. The second-order valence-corrected chi connectivity index (χ2v) is 5.92. The Bertz CT molecular complexity index is 521. The number of nitrogens with one attached hydrogen (secondary N) is 1. The van der Waals surface area contributed by atoms with Crippen LogP contribution in [0.3, 0.4) is 0 Å². The lowest BCUT2D eigenvalue weighted by Crippen LogP contribution is -2.47. The van der Waals surface area contributed by atoms with Crippen LogP contribution in [0.5, 0.6) is 0 Å². The van der Waals surface area contributed by atoms with Gasteiger partial charge >= 0.3 is 5.97 Å². The molecule has 6 heteroatoms. The normalized spacial score (nSPS) is 19.2. The lowest BCUT2D eigenvalue weighted by atomic mass is 10.0. The Balaban J connectivity index is 1.99. The number of para-hydroxylation sites is 1. The highest BCUT2D eigenvalue weighted by Gasteiger charge is 2.29. The Morgan fingerprint density at radius 1 is 1.38 bits per heavy atom. The summed E-state index contributed by atoms with van der Waals surface area (Å²) >= 11 is 1.57. The zero-order valence-electron chi connectivity index (χ0n) is 12.0. The second kappa shape index (κ2) is 7.47. The third-order valence-electron chi connectivity index (χ3n) is 3.63. The number of benzene rings is 1. The molecule has 0 aliphatic carbocycles. The van der Waals surface area contributed by atoms with Crippen LogP contribution >= 0.6 is 11.8 Å². The summed E-state index contributed by atoms with van der Waals surface area (Å²) in [5.74, 6) is -1.00. The topological polar surface area (TPSA) is 69.6 Å². The Labute approximate surface area is 128 Å². The van der Waals surface area contributed by atoms with E-state index in [-0.39, 0.29) is 12.5 Å². The smallest absolute Gasteiger partial charge is 0.320 e. The van der Waals surface area contributed by atoms with E-state index in [1.54, 1.807) is 16.7 Å². The van der Waals surface area contributed by atoms with Crippen LogP contribution in [0.25, 0.3) is 0 Å². The average molecular weight is 308 g/mol. The van der Waals surface area contributed by atoms with Crippen LogP contribution < -0.4 is 5.32 Å². The van der Waals surface area contributed by atoms with E-state index in [9.17, 15) is 14.7 Å². The van der Waals surface area contributed by atoms with E-state index in [0.29, 0.717) is 13.0 Å². The summed E-state index contributed by atoms with van der Waals surface area (Å²) in [7, 11) is 0. The summed E-state index contributed by atoms with van der Waals surface area (Å²) < 4.78 is 0. The molecule has 5 nitrogen and oxygen atoms in total. The fourth-order valence-corrected chi connectivity index (χ4v) is 3.14. The molecule has 1 aromatic rings. The van der Waals surface area contributed by atoms with Crippen LogP contribution in [-0.2, 0) is 9.59 Å². The average Bonchev–Trinajstić information content (AvgIpc) is 2.48. The molecule has 1 fully saturated rings. The van der Waals surface area contributed by atoms with Gasteiger partial charge in [-0.05, 0) is 37.8 Å². The summed E-state index contributed by atoms with van der Waals surface area (Å²) in [6.07, 6.45) is 4.42. The van der Waals surface area contributed by atoms with Gasteiger partial charge < -0.3 is 10.4 Å². The number of piperidine rings is 1. The standard InChI is InChI=1S/C15H20N2O3S/c1-21-13-8-3-2-6-11(13)16-14(18)10-17-9-5-4-7-12(17)15(19)20/h2-3,6,8,12H,4-5,7,9-10H2,1H3,(H,16,18)(H,19,20). The highest BCUT2D eigenvalue weighted by atomic mass is 32.2. The van der Waals surface area contributed by atoms with E-state index >= 15 is 0 Å². The molecular weight excluding hydrogens is 288 g/mol. The van der Waals surface area contributed by atoms with Crippen LogP contribution in [0.2, 0.25) is 0 Å². The number of amides is 1. The molecule has 1 aliphatic rings. The predicted molar refractivity (Wildman–Crippen MR) is 83.7 cm³/mol. The van der Waals surface area contributed by atoms with E-state index in [2.05, 4.69) is 5.32 Å². The first kappa shape index (κ1) is 15.9. The molecular formula is C15H20N2O3S. The maximum atomic E-state index is 12.2. The van der Waals surface area contributed by atoms with Gasteiger partial charge in [-0.2, -0.15) is 0 Å². The van der Waals surface area contributed by atoms with Crippen molar-refractivity contribution < 1.29 is 14.7 Å². The zero-order valence-corrected chi connectivity index (χ0v) is 12.9. The Hall–Kier alpha value is -1.53. The molecule has 1 atom stereocenters. The fraction of sp³-hybridized carbons (Fsp3) is 0.467. The quantitative estimate of drug-likeness (QED) is 0.817. The van der Waals surface area contributed by atoms with Gasteiger partial charge in [0, 0.05) is 4.90 Å². The fourth-order valence-electron chi connectivity index (χ4n) is 2.58. The number of likely N-dealkylation sites (tertiary alicyclic amines) is 1. The minimum Gasteiger partial charge on any atom is -0.480 e. The highest BCUT2D eigenvalue weighted by molar-refractivity contribution is 7.98. The number of carboxylic acid groups (broad SMARTS) is 1. The van der Waals surface area contributed by atoms with Crippen LogP contribution in [0, 0.1) is 0 Å². The maximum Gasteiger partial charge on any atom is 0.320 e. The number of carboxylic acids is 1. The van der Waals surface area contributed by atoms with Crippen molar-refractivity contribution in [3.05, 3.63) is 24.3 Å². The van der Waals surface area contributed by atoms with E-state index in [1.807, 2.05) is 30.5 Å². The van der Waals surface area contributed by atoms with E-state index in [0.717, 1.165) is 23.4 Å². The van der Waals surface area contributed by atoms with Gasteiger partial charge in [-0.1, -0.05) is 18.6 Å². The minimum absolute atomic E-state index is 0.125. The molecule has 1 saturated heterocycles. The van der Waals surface area contributed by atoms with Gasteiger partial charge in [0.25, 0.3) is 0 Å². The van der Waals surface area contributed by atoms with Crippen molar-refractivity contribution in [2.45, 2.75) is 30.2 Å². The second-order valence-electron chi connectivity index (χ2n) is 5.07. The summed E-state index contributed by atoms with van der Waals surface area (Å²) in [5, 5.41) is 12.1. The molecule has 0 spiro atoms. The number of rotatable bonds is 5. The summed E-state index contributed by atoms with van der Waals surface area (Å²) in [6.45, 7) is 0.786. The van der Waals surface area contributed by atoms with Crippen LogP contribution in [-0.4, -0.2) is 47.3 Å². The number of hydrogen-bond donors (Lipinski definition) is 2. The predicted octanol–water partition coefficient (Wildman–Crippen LogP) is 2.29. The van der Waals surface area contributed by atoms with Gasteiger partial charge in [-0.15, -0.1) is 11.8 Å². The van der Waals surface area contributed by atoms with Crippen LogP contribution in [0.1, 0.15) is 19.3 Å². The first-order valence-electron chi connectivity index (χ1n) is 7.01. The Kier molecular flexibility index (Phi) is 5.64. The van der Waals surface area contributed by atoms with Crippen molar-refractivity contribution in [3.8, 4) is 0 Å². The summed E-state index contributed by atoms with van der Waals surface area (Å²) in [5.41, 5.74) is 0.777. The first-order chi connectivity index (χ1) is 10.1. The molecule has 1 aromatic carbocycles. The largest absolute Gasteiger partial charge is 0.480 e. The number of carbonyl (C=O) groups excluding carboxylic acids is 1. The van der Waals surface area contributed by atoms with Gasteiger partial charge in [-0.25, -0.2) is 0 Å². The van der Waals surface area contributed by atoms with Crippen molar-refractivity contribution in [2.75, 3.05) is 24.7 Å². The van der Waals surface area contributed by atoms with Crippen molar-refractivity contribution in [1.82, 2.24) is 4.90 Å². The van der Waals surface area contributed by atoms with Crippen molar-refractivity contribution in [3.63, 3.8) is 0 Å². The number of nitrogens with zero attached hydrogens (tertiary/aromatic N) is 1. The third-order valence-corrected chi connectivity index (χ3v) is 4.42. The molecule has 1 amide bonds.